The molecule has 2 aromatic carbocycles. The molecule has 1 aliphatic heterocycles. The number of rotatable bonds is 3. The third-order valence-corrected chi connectivity index (χ3v) is 3.68. The SMILES string of the molecule is CN1CC(=O)N(/C=C/c2ccccc2)C1c1ccccc1. The first-order chi connectivity index (χ1) is 10.3. The van der Waals surface area contributed by atoms with Gasteiger partial charge in [0.25, 0.3) is 0 Å². The average molecular weight is 278 g/mol. The number of hydrogen-bond donors (Lipinski definition) is 0. The van der Waals surface area contributed by atoms with Gasteiger partial charge in [-0.25, -0.2) is 0 Å². The summed E-state index contributed by atoms with van der Waals surface area (Å²) in [5, 5.41) is 0. The lowest BCUT2D eigenvalue weighted by molar-refractivity contribution is -0.125. The second-order valence-electron chi connectivity index (χ2n) is 5.23. The molecule has 0 saturated carbocycles. The van der Waals surface area contributed by atoms with Gasteiger partial charge in [0.2, 0.25) is 5.91 Å². The summed E-state index contributed by atoms with van der Waals surface area (Å²) in [6.45, 7) is 0.443. The van der Waals surface area contributed by atoms with Gasteiger partial charge < -0.3 is 0 Å². The molecular weight excluding hydrogens is 260 g/mol. The second-order valence-corrected chi connectivity index (χ2v) is 5.23. The van der Waals surface area contributed by atoms with Crippen molar-refractivity contribution in [2.75, 3.05) is 13.6 Å². The van der Waals surface area contributed by atoms with Gasteiger partial charge in [-0.1, -0.05) is 60.7 Å². The summed E-state index contributed by atoms with van der Waals surface area (Å²) in [5.74, 6) is 0.124. The minimum atomic E-state index is -0.0290. The molecule has 0 bridgehead atoms. The van der Waals surface area contributed by atoms with Gasteiger partial charge in [0.1, 0.15) is 6.17 Å². The van der Waals surface area contributed by atoms with Crippen LogP contribution in [0, 0.1) is 0 Å². The van der Waals surface area contributed by atoms with Gasteiger partial charge >= 0.3 is 0 Å². The number of likely N-dealkylation sites (N-methyl/N-ethyl adjacent to an activating group) is 1. The quantitative estimate of drug-likeness (QED) is 0.861. The summed E-state index contributed by atoms with van der Waals surface area (Å²) in [6, 6.07) is 20.1. The predicted octanol–water partition coefficient (Wildman–Crippen LogP) is 3.13. The van der Waals surface area contributed by atoms with E-state index in [1.807, 2.05) is 72.8 Å². The highest BCUT2D eigenvalue weighted by molar-refractivity contribution is 5.82. The maximum Gasteiger partial charge on any atom is 0.242 e. The van der Waals surface area contributed by atoms with Crippen LogP contribution in [0.5, 0.6) is 0 Å². The third kappa shape index (κ3) is 2.88. The first-order valence-electron chi connectivity index (χ1n) is 7.05. The van der Waals surface area contributed by atoms with E-state index >= 15 is 0 Å². The molecule has 3 heteroatoms. The van der Waals surface area contributed by atoms with Crippen molar-refractivity contribution in [3.63, 3.8) is 0 Å². The van der Waals surface area contributed by atoms with Crippen molar-refractivity contribution < 1.29 is 4.79 Å². The summed E-state index contributed by atoms with van der Waals surface area (Å²) < 4.78 is 0. The van der Waals surface area contributed by atoms with Crippen LogP contribution >= 0.6 is 0 Å². The molecule has 1 fully saturated rings. The molecule has 0 aromatic heterocycles. The molecule has 1 atom stereocenters. The smallest absolute Gasteiger partial charge is 0.242 e. The van der Waals surface area contributed by atoms with Gasteiger partial charge in [-0.05, 0) is 24.3 Å². The molecule has 0 N–H and O–H groups in total. The number of amides is 1. The molecule has 0 spiro atoms. The van der Waals surface area contributed by atoms with Crippen LogP contribution in [0.4, 0.5) is 0 Å². The Morgan fingerprint density at radius 3 is 2.29 bits per heavy atom. The van der Waals surface area contributed by atoms with Gasteiger partial charge in [-0.15, -0.1) is 0 Å². The van der Waals surface area contributed by atoms with Crippen molar-refractivity contribution in [2.24, 2.45) is 0 Å². The van der Waals surface area contributed by atoms with Crippen LogP contribution in [-0.2, 0) is 4.79 Å². The number of hydrogen-bond acceptors (Lipinski definition) is 2. The molecule has 0 aliphatic carbocycles. The number of carbonyl (C=O) groups excluding carboxylic acids is 1. The molecule has 3 nitrogen and oxygen atoms in total. The molecule has 1 aliphatic rings. The lowest BCUT2D eigenvalue weighted by Gasteiger charge is -2.25. The van der Waals surface area contributed by atoms with Gasteiger partial charge in [0, 0.05) is 6.20 Å². The normalized spacial score (nSPS) is 19.6. The Bertz CT molecular complexity index is 637. The topological polar surface area (TPSA) is 23.6 Å². The van der Waals surface area contributed by atoms with Gasteiger partial charge in [0.15, 0.2) is 0 Å². The van der Waals surface area contributed by atoms with E-state index in [-0.39, 0.29) is 12.1 Å². The van der Waals surface area contributed by atoms with E-state index in [1.54, 1.807) is 0 Å². The lowest BCUT2D eigenvalue weighted by Crippen LogP contribution is -2.26. The van der Waals surface area contributed by atoms with Crippen molar-refractivity contribution >= 4 is 12.0 Å². The largest absolute Gasteiger partial charge is 0.297 e. The van der Waals surface area contributed by atoms with Gasteiger partial charge in [-0.3, -0.25) is 14.6 Å². The zero-order valence-corrected chi connectivity index (χ0v) is 12.0. The van der Waals surface area contributed by atoms with Crippen LogP contribution in [0.15, 0.2) is 66.9 Å². The Hall–Kier alpha value is -2.39. The number of carbonyl (C=O) groups is 1. The van der Waals surface area contributed by atoms with Crippen LogP contribution in [-0.4, -0.2) is 29.3 Å². The standard InChI is InChI=1S/C18H18N2O/c1-19-14-17(21)20(13-12-15-8-4-2-5-9-15)18(19)16-10-6-3-7-11-16/h2-13,18H,14H2,1H3/b13-12+. The van der Waals surface area contributed by atoms with Crippen LogP contribution in [0.3, 0.4) is 0 Å². The van der Waals surface area contributed by atoms with Crippen molar-refractivity contribution in [1.82, 2.24) is 9.80 Å². The van der Waals surface area contributed by atoms with Crippen molar-refractivity contribution in [3.05, 3.63) is 78.0 Å². The molecule has 1 heterocycles. The number of benzene rings is 2. The summed E-state index contributed by atoms with van der Waals surface area (Å²) >= 11 is 0. The molecule has 1 unspecified atom stereocenters. The van der Waals surface area contributed by atoms with Crippen LogP contribution < -0.4 is 0 Å². The summed E-state index contributed by atoms with van der Waals surface area (Å²) in [6.07, 6.45) is 3.84. The number of nitrogens with zero attached hydrogens (tertiary/aromatic N) is 2. The van der Waals surface area contributed by atoms with E-state index in [1.165, 1.54) is 0 Å². The fraction of sp³-hybridized carbons (Fsp3) is 0.167. The van der Waals surface area contributed by atoms with E-state index < -0.39 is 0 Å². The maximum atomic E-state index is 12.2. The Kier molecular flexibility index (Phi) is 3.84. The molecular formula is C18H18N2O. The van der Waals surface area contributed by atoms with Crippen molar-refractivity contribution in [1.29, 1.82) is 0 Å². The fourth-order valence-corrected chi connectivity index (χ4v) is 2.67. The zero-order valence-electron chi connectivity index (χ0n) is 12.0. The van der Waals surface area contributed by atoms with E-state index in [9.17, 15) is 4.79 Å². The highest BCUT2D eigenvalue weighted by atomic mass is 16.2. The van der Waals surface area contributed by atoms with Gasteiger partial charge in [-0.2, -0.15) is 0 Å². The molecule has 21 heavy (non-hydrogen) atoms. The Morgan fingerprint density at radius 1 is 1.00 bits per heavy atom. The summed E-state index contributed by atoms with van der Waals surface area (Å²) in [7, 11) is 1.98. The predicted molar refractivity (Wildman–Crippen MR) is 84.1 cm³/mol. The highest BCUT2D eigenvalue weighted by Crippen LogP contribution is 2.29. The van der Waals surface area contributed by atoms with E-state index in [0.717, 1.165) is 11.1 Å². The molecule has 106 valence electrons. The summed E-state index contributed by atoms with van der Waals surface area (Å²) in [5.41, 5.74) is 2.22. The first kappa shape index (κ1) is 13.6. The molecule has 1 amide bonds. The van der Waals surface area contributed by atoms with Crippen LogP contribution in [0.1, 0.15) is 17.3 Å². The third-order valence-electron chi connectivity index (χ3n) is 3.68. The molecule has 1 saturated heterocycles. The molecule has 2 aromatic rings. The van der Waals surface area contributed by atoms with Gasteiger partial charge in [0.05, 0.1) is 6.54 Å². The average Bonchev–Trinajstić information content (AvgIpc) is 2.81. The monoisotopic (exact) mass is 278 g/mol. The Balaban J connectivity index is 1.88. The maximum absolute atomic E-state index is 12.2. The Labute approximate surface area is 125 Å². The second kappa shape index (κ2) is 5.94. The highest BCUT2D eigenvalue weighted by Gasteiger charge is 2.34. The lowest BCUT2D eigenvalue weighted by atomic mass is 10.1. The van der Waals surface area contributed by atoms with E-state index in [2.05, 4.69) is 17.0 Å². The van der Waals surface area contributed by atoms with Crippen LogP contribution in [0.25, 0.3) is 6.08 Å². The minimum Gasteiger partial charge on any atom is -0.297 e. The Morgan fingerprint density at radius 2 is 1.62 bits per heavy atom. The minimum absolute atomic E-state index is 0.0290. The fourth-order valence-electron chi connectivity index (χ4n) is 2.67. The van der Waals surface area contributed by atoms with E-state index in [0.29, 0.717) is 6.54 Å². The molecule has 3 rings (SSSR count). The van der Waals surface area contributed by atoms with Crippen LogP contribution in [0.2, 0.25) is 0 Å². The van der Waals surface area contributed by atoms with Crippen molar-refractivity contribution in [2.45, 2.75) is 6.17 Å². The molecule has 0 radical (unpaired) electrons. The van der Waals surface area contributed by atoms with Crippen molar-refractivity contribution in [3.8, 4) is 0 Å². The summed E-state index contributed by atoms with van der Waals surface area (Å²) in [4.78, 5) is 16.1. The zero-order chi connectivity index (χ0) is 14.7. The first-order valence-corrected chi connectivity index (χ1v) is 7.05. The van der Waals surface area contributed by atoms with E-state index in [4.69, 9.17) is 0 Å².